The van der Waals surface area contributed by atoms with Crippen LogP contribution in [0.3, 0.4) is 0 Å². The van der Waals surface area contributed by atoms with Crippen LogP contribution in [0.25, 0.3) is 17.0 Å². The van der Waals surface area contributed by atoms with Gasteiger partial charge in [0, 0.05) is 17.1 Å². The molecule has 0 bridgehead atoms. The lowest BCUT2D eigenvalue weighted by atomic mass is 9.82. The van der Waals surface area contributed by atoms with E-state index in [4.69, 9.17) is 26.1 Å². The molecule has 1 aliphatic rings. The van der Waals surface area contributed by atoms with Crippen molar-refractivity contribution in [3.63, 3.8) is 0 Å². The van der Waals surface area contributed by atoms with Crippen molar-refractivity contribution in [2.75, 3.05) is 7.11 Å². The molecule has 8 heteroatoms. The summed E-state index contributed by atoms with van der Waals surface area (Å²) in [5.74, 6) is 1.62. The molecule has 4 aromatic rings. The first-order chi connectivity index (χ1) is 15.5. The normalized spacial score (nSPS) is 15.4. The molecule has 1 unspecified atom stereocenters. The van der Waals surface area contributed by atoms with Crippen molar-refractivity contribution in [1.82, 2.24) is 19.6 Å². The molecule has 0 amide bonds. The highest BCUT2D eigenvalue weighted by Gasteiger charge is 2.36. The fraction of sp³-hybridized carbons (Fsp3) is 0.167. The fourth-order valence-corrected chi connectivity index (χ4v) is 4.30. The van der Waals surface area contributed by atoms with Gasteiger partial charge in [-0.2, -0.15) is 0 Å². The number of carbonyl (C=O) groups excluding carboxylic acids is 1. The molecule has 1 atom stereocenters. The van der Waals surface area contributed by atoms with Crippen LogP contribution in [-0.4, -0.2) is 32.5 Å². The summed E-state index contributed by atoms with van der Waals surface area (Å²) >= 11 is 6.37. The lowest BCUT2D eigenvalue weighted by Crippen LogP contribution is -2.22. The van der Waals surface area contributed by atoms with E-state index in [2.05, 4.69) is 10.1 Å². The predicted octanol–water partition coefficient (Wildman–Crippen LogP) is 4.84. The number of hydrogen-bond donors (Lipinski definition) is 0. The molecule has 0 saturated heterocycles. The van der Waals surface area contributed by atoms with E-state index in [0.717, 1.165) is 11.3 Å². The van der Waals surface area contributed by atoms with Crippen molar-refractivity contribution in [2.45, 2.75) is 19.8 Å². The third kappa shape index (κ3) is 3.22. The quantitative estimate of drug-likeness (QED) is 0.446. The molecule has 2 aromatic heterocycles. The molecular weight excluding hydrogens is 428 g/mol. The predicted molar refractivity (Wildman–Crippen MR) is 120 cm³/mol. The zero-order valence-electron chi connectivity index (χ0n) is 17.7. The second-order valence-electron chi connectivity index (χ2n) is 7.48. The summed E-state index contributed by atoms with van der Waals surface area (Å²) in [4.78, 5) is 21.9. The zero-order chi connectivity index (χ0) is 22.4. The zero-order valence-corrected chi connectivity index (χ0v) is 18.4. The molecule has 5 rings (SSSR count). The maximum absolute atomic E-state index is 12.7. The Bertz CT molecular complexity index is 1390. The van der Waals surface area contributed by atoms with Crippen LogP contribution in [0.2, 0.25) is 5.02 Å². The largest absolute Gasteiger partial charge is 0.497 e. The van der Waals surface area contributed by atoms with E-state index in [1.165, 1.54) is 6.92 Å². The smallest absolute Gasteiger partial charge is 0.228 e. The van der Waals surface area contributed by atoms with E-state index in [1.54, 1.807) is 30.9 Å². The van der Waals surface area contributed by atoms with Gasteiger partial charge >= 0.3 is 0 Å². The van der Waals surface area contributed by atoms with Gasteiger partial charge in [-0.05, 0) is 43.7 Å². The van der Waals surface area contributed by atoms with Crippen LogP contribution in [0.1, 0.15) is 30.9 Å². The first kappa shape index (κ1) is 20.2. The number of carbonyl (C=O) groups is 1. The molecule has 0 spiro atoms. The van der Waals surface area contributed by atoms with E-state index in [-0.39, 0.29) is 5.78 Å². The Morgan fingerprint density at radius 1 is 1.16 bits per heavy atom. The Morgan fingerprint density at radius 3 is 2.59 bits per heavy atom. The number of hydrogen-bond acceptors (Lipinski definition) is 6. The van der Waals surface area contributed by atoms with Gasteiger partial charge < -0.3 is 9.47 Å². The number of benzene rings is 2. The van der Waals surface area contributed by atoms with Gasteiger partial charge in [0.2, 0.25) is 5.88 Å². The standard InChI is InChI=1S/C24H19ClN4O3/c1-13(30)19-14(2)32-24-21(20(19)15-8-10-16(31-3)11-9-15)23-27-22(28-29(23)12-26-24)17-6-4-5-7-18(17)25/h4-12,20H,1-3H3. The lowest BCUT2D eigenvalue weighted by Gasteiger charge is -2.28. The van der Waals surface area contributed by atoms with Crippen LogP contribution in [-0.2, 0) is 4.79 Å². The highest BCUT2D eigenvalue weighted by molar-refractivity contribution is 6.33. The third-order valence-electron chi connectivity index (χ3n) is 5.54. The summed E-state index contributed by atoms with van der Waals surface area (Å²) in [6, 6.07) is 15.0. The molecule has 0 N–H and O–H groups in total. The van der Waals surface area contributed by atoms with Crippen LogP contribution in [0.4, 0.5) is 0 Å². The van der Waals surface area contributed by atoms with Crippen molar-refractivity contribution >= 4 is 23.0 Å². The van der Waals surface area contributed by atoms with Crippen LogP contribution >= 0.6 is 11.6 Å². The second-order valence-corrected chi connectivity index (χ2v) is 7.89. The summed E-state index contributed by atoms with van der Waals surface area (Å²) in [5.41, 5.74) is 3.40. The SMILES string of the molecule is COc1ccc(C2C(C(C)=O)=C(C)Oc3ncn4nc(-c5ccccc5Cl)nc4c32)cc1. The van der Waals surface area contributed by atoms with Crippen molar-refractivity contribution in [3.8, 4) is 23.0 Å². The average Bonchev–Trinajstić information content (AvgIpc) is 3.22. The minimum Gasteiger partial charge on any atom is -0.497 e. The lowest BCUT2D eigenvalue weighted by molar-refractivity contribution is -0.114. The molecule has 32 heavy (non-hydrogen) atoms. The molecular formula is C24H19ClN4O3. The van der Waals surface area contributed by atoms with Gasteiger partial charge in [-0.15, -0.1) is 5.10 Å². The molecule has 0 radical (unpaired) electrons. The maximum Gasteiger partial charge on any atom is 0.228 e. The molecule has 7 nitrogen and oxygen atoms in total. The highest BCUT2D eigenvalue weighted by atomic mass is 35.5. The highest BCUT2D eigenvalue weighted by Crippen LogP contribution is 2.44. The summed E-state index contributed by atoms with van der Waals surface area (Å²) in [5, 5.41) is 5.13. The van der Waals surface area contributed by atoms with Crippen molar-refractivity contribution in [1.29, 1.82) is 0 Å². The van der Waals surface area contributed by atoms with Gasteiger partial charge in [0.1, 0.15) is 17.8 Å². The number of rotatable bonds is 4. The van der Waals surface area contributed by atoms with Gasteiger partial charge in [0.25, 0.3) is 0 Å². The Labute approximate surface area is 189 Å². The minimum atomic E-state index is -0.415. The van der Waals surface area contributed by atoms with Crippen molar-refractivity contribution in [3.05, 3.63) is 82.3 Å². The molecule has 1 aliphatic heterocycles. The number of ketones is 1. The average molecular weight is 447 g/mol. The first-order valence-corrected chi connectivity index (χ1v) is 10.4. The summed E-state index contributed by atoms with van der Waals surface area (Å²) in [6.07, 6.45) is 1.55. The fourth-order valence-electron chi connectivity index (χ4n) is 4.08. The van der Waals surface area contributed by atoms with Gasteiger partial charge in [-0.25, -0.2) is 14.5 Å². The number of fused-ring (bicyclic) bond motifs is 3. The van der Waals surface area contributed by atoms with Gasteiger partial charge in [-0.1, -0.05) is 35.9 Å². The van der Waals surface area contributed by atoms with Gasteiger partial charge in [0.05, 0.1) is 17.7 Å². The Kier molecular flexibility index (Phi) is 4.90. The molecule has 160 valence electrons. The number of ether oxygens (including phenoxy) is 2. The molecule has 2 aromatic carbocycles. The molecule has 3 heterocycles. The van der Waals surface area contributed by atoms with E-state index in [1.807, 2.05) is 42.5 Å². The van der Waals surface area contributed by atoms with Gasteiger partial charge in [-0.3, -0.25) is 4.79 Å². The van der Waals surface area contributed by atoms with E-state index in [9.17, 15) is 4.79 Å². The number of nitrogens with zero attached hydrogens (tertiary/aromatic N) is 4. The minimum absolute atomic E-state index is 0.0817. The number of Topliss-reactive ketones (excluding diaryl/α,β-unsaturated/α-hetero) is 1. The summed E-state index contributed by atoms with van der Waals surface area (Å²) in [7, 11) is 1.61. The van der Waals surface area contributed by atoms with Crippen LogP contribution in [0, 0.1) is 0 Å². The Hall–Kier alpha value is -3.71. The molecule has 0 aliphatic carbocycles. The van der Waals surface area contributed by atoms with Crippen LogP contribution in [0.5, 0.6) is 11.6 Å². The number of aromatic nitrogens is 4. The maximum atomic E-state index is 12.7. The monoisotopic (exact) mass is 446 g/mol. The first-order valence-electron chi connectivity index (χ1n) is 10.0. The number of methoxy groups -OCH3 is 1. The number of allylic oxidation sites excluding steroid dienone is 2. The summed E-state index contributed by atoms with van der Waals surface area (Å²) < 4.78 is 12.9. The summed E-state index contributed by atoms with van der Waals surface area (Å²) in [6.45, 7) is 3.32. The van der Waals surface area contributed by atoms with E-state index in [0.29, 0.717) is 44.8 Å². The van der Waals surface area contributed by atoms with E-state index >= 15 is 0 Å². The second kappa shape index (κ2) is 7.76. The molecule has 0 fully saturated rings. The van der Waals surface area contributed by atoms with Gasteiger partial charge in [0.15, 0.2) is 17.3 Å². The van der Waals surface area contributed by atoms with Crippen LogP contribution < -0.4 is 9.47 Å². The van der Waals surface area contributed by atoms with Crippen molar-refractivity contribution in [2.24, 2.45) is 0 Å². The number of halogens is 1. The third-order valence-corrected chi connectivity index (χ3v) is 5.87. The Balaban J connectivity index is 1.77. The molecule has 0 saturated carbocycles. The topological polar surface area (TPSA) is 78.6 Å². The van der Waals surface area contributed by atoms with Crippen LogP contribution in [0.15, 0.2) is 66.2 Å². The van der Waals surface area contributed by atoms with Crippen molar-refractivity contribution < 1.29 is 14.3 Å². The van der Waals surface area contributed by atoms with E-state index < -0.39 is 5.92 Å². The Morgan fingerprint density at radius 2 is 1.91 bits per heavy atom.